The first-order valence-electron chi connectivity index (χ1n) is 20.5. The maximum absolute atomic E-state index is 12.3. The molecule has 5 aliphatic rings. The first kappa shape index (κ1) is 43.7. The number of benzene rings is 1. The van der Waals surface area contributed by atoms with E-state index in [9.17, 15) is 24.0 Å². The Morgan fingerprint density at radius 2 is 1.62 bits per heavy atom. The number of esters is 5. The molecular weight excluding hydrogens is 794 g/mol. The van der Waals surface area contributed by atoms with Gasteiger partial charge in [0.2, 0.25) is 0 Å². The average molecular weight is 848 g/mol. The van der Waals surface area contributed by atoms with Crippen molar-refractivity contribution in [2.45, 2.75) is 117 Å². The van der Waals surface area contributed by atoms with Gasteiger partial charge in [-0.25, -0.2) is 9.48 Å². The van der Waals surface area contributed by atoms with Crippen LogP contribution >= 0.6 is 0 Å². The maximum Gasteiger partial charge on any atom is 0.338 e. The highest BCUT2D eigenvalue weighted by Crippen LogP contribution is 2.63. The maximum atomic E-state index is 12.3. The van der Waals surface area contributed by atoms with Gasteiger partial charge in [-0.3, -0.25) is 19.2 Å². The summed E-state index contributed by atoms with van der Waals surface area (Å²) in [6, 6.07) is 7.43. The molecule has 4 fully saturated rings. The second-order valence-electron chi connectivity index (χ2n) is 16.8. The molecule has 11 atom stereocenters. The fourth-order valence-electron chi connectivity index (χ4n) is 9.81. The number of carbonyl (C=O) groups excluding carboxylic acids is 5. The fraction of sp³-hybridized carbons (Fsp3) is 0.568. The molecule has 2 saturated carbocycles. The number of hydrogen-bond acceptors (Lipinski definition) is 16. The van der Waals surface area contributed by atoms with E-state index in [1.165, 1.54) is 23.4 Å². The van der Waals surface area contributed by atoms with Crippen LogP contribution in [0.3, 0.4) is 0 Å². The summed E-state index contributed by atoms with van der Waals surface area (Å²) in [4.78, 5) is 60.4. The van der Waals surface area contributed by atoms with E-state index in [-0.39, 0.29) is 42.0 Å². The molecule has 1 aromatic carbocycles. The summed E-state index contributed by atoms with van der Waals surface area (Å²) in [6.07, 6.45) is 4.17. The molecule has 17 nitrogen and oxygen atoms in total. The van der Waals surface area contributed by atoms with E-state index in [2.05, 4.69) is 36.8 Å². The van der Waals surface area contributed by atoms with Crippen molar-refractivity contribution in [2.75, 3.05) is 19.8 Å². The third kappa shape index (κ3) is 9.28. The third-order valence-electron chi connectivity index (χ3n) is 12.6. The Morgan fingerprint density at radius 1 is 0.918 bits per heavy atom. The Morgan fingerprint density at radius 3 is 2.30 bits per heavy atom. The third-order valence-corrected chi connectivity index (χ3v) is 12.6. The van der Waals surface area contributed by atoms with Crippen molar-refractivity contribution < 1.29 is 66.6 Å². The zero-order valence-electron chi connectivity index (χ0n) is 35.2. The van der Waals surface area contributed by atoms with Gasteiger partial charge in [0.25, 0.3) is 0 Å². The second kappa shape index (κ2) is 17.9. The van der Waals surface area contributed by atoms with Crippen molar-refractivity contribution in [2.24, 2.45) is 22.7 Å². The van der Waals surface area contributed by atoms with Gasteiger partial charge in [0.05, 0.1) is 24.5 Å². The van der Waals surface area contributed by atoms with Gasteiger partial charge in [-0.05, 0) is 55.2 Å². The van der Waals surface area contributed by atoms with E-state index in [1.54, 1.807) is 0 Å². The minimum atomic E-state index is -1.35. The monoisotopic (exact) mass is 847 g/mol. The molecule has 2 saturated heterocycles. The van der Waals surface area contributed by atoms with E-state index in [0.29, 0.717) is 36.1 Å². The molecule has 2 aliphatic carbocycles. The molecule has 2 aromatic rings. The van der Waals surface area contributed by atoms with Crippen LogP contribution in [0.5, 0.6) is 5.75 Å². The zero-order valence-corrected chi connectivity index (χ0v) is 35.2. The van der Waals surface area contributed by atoms with Gasteiger partial charge in [0, 0.05) is 44.6 Å². The van der Waals surface area contributed by atoms with Crippen LogP contribution in [0.15, 0.2) is 66.4 Å². The molecule has 1 aromatic heterocycles. The van der Waals surface area contributed by atoms with E-state index in [1.807, 2.05) is 36.4 Å². The van der Waals surface area contributed by atoms with E-state index in [4.69, 9.17) is 42.6 Å². The smallest absolute Gasteiger partial charge is 0.338 e. The molecule has 0 N–H and O–H groups in total. The van der Waals surface area contributed by atoms with E-state index in [0.717, 1.165) is 52.0 Å². The first-order chi connectivity index (χ1) is 29.0. The summed E-state index contributed by atoms with van der Waals surface area (Å²) < 4.78 is 53.5. The molecule has 0 spiro atoms. The lowest BCUT2D eigenvalue weighted by Gasteiger charge is -2.62. The van der Waals surface area contributed by atoms with E-state index < -0.39 is 60.8 Å². The summed E-state index contributed by atoms with van der Waals surface area (Å²) >= 11 is 0. The van der Waals surface area contributed by atoms with Crippen molar-refractivity contribution in [3.05, 3.63) is 77.7 Å². The van der Waals surface area contributed by atoms with Crippen molar-refractivity contribution in [3.8, 4) is 5.75 Å². The Balaban J connectivity index is 0.997. The molecule has 0 amide bonds. The molecule has 3 aliphatic heterocycles. The van der Waals surface area contributed by atoms with Crippen LogP contribution in [0, 0.1) is 22.7 Å². The quantitative estimate of drug-likeness (QED) is 0.158. The minimum absolute atomic E-state index is 0.00578. The molecule has 0 radical (unpaired) electrons. The lowest BCUT2D eigenvalue weighted by Crippen LogP contribution is -2.60. The average Bonchev–Trinajstić information content (AvgIpc) is 3.85. The van der Waals surface area contributed by atoms with Crippen molar-refractivity contribution in [1.29, 1.82) is 0 Å². The predicted octanol–water partition coefficient (Wildman–Crippen LogP) is 4.95. The summed E-state index contributed by atoms with van der Waals surface area (Å²) in [7, 11) is 0. The molecule has 4 heterocycles. The van der Waals surface area contributed by atoms with Crippen LogP contribution < -0.4 is 4.74 Å². The molecule has 17 heteroatoms. The number of hydrogen-bond donors (Lipinski definition) is 0. The highest BCUT2D eigenvalue weighted by Gasteiger charge is 2.60. The van der Waals surface area contributed by atoms with Gasteiger partial charge in [-0.2, -0.15) is 0 Å². The lowest BCUT2D eigenvalue weighted by molar-refractivity contribution is -0.306. The predicted molar refractivity (Wildman–Crippen MR) is 211 cm³/mol. The number of rotatable bonds is 12. The SMILES string of the molecule is C=C1CC[C@H]2[C@@](C)(CCC3OC(c4ccc(OCc5cn(C6OC(COC(C)=O)C(OC(C)=O)C(OC(C)=O)C6OC(C)=O)nn5)cc4)OC[C@]32C)[C@@H]1/C=C/C1=CCOC1=O. The number of allylic oxidation sites excluding steroid dienone is 2. The molecular formula is C44H53N3O14. The number of nitrogens with zero attached hydrogens (tertiary/aromatic N) is 3. The van der Waals surface area contributed by atoms with Crippen LogP contribution in [0.4, 0.5) is 0 Å². The van der Waals surface area contributed by atoms with Gasteiger partial charge in [-0.15, -0.1) is 5.10 Å². The number of ether oxygens (including phenoxy) is 9. The summed E-state index contributed by atoms with van der Waals surface area (Å²) in [5.74, 6) is -2.13. The summed E-state index contributed by atoms with van der Waals surface area (Å²) in [5, 5.41) is 8.37. The van der Waals surface area contributed by atoms with Gasteiger partial charge in [0.1, 0.15) is 37.4 Å². The van der Waals surface area contributed by atoms with E-state index >= 15 is 0 Å². The highest BCUT2D eigenvalue weighted by molar-refractivity contribution is 5.93. The standard InChI is InChI=1S/C44H53N3O14/c1-24-8-15-35-43(6,33(24)14-11-29-17-19-53-41(29)52)18-16-36-44(35,7)23-56-42(61-36)30-9-12-32(13-10-30)55-21-31-20-47(46-45-31)40-39(59-28(5)51)38(58-27(4)50)37(57-26(3)49)34(60-40)22-54-25(2)48/h9-14,17,20,33-40,42H,1,8,15-16,18-19,21-23H2,2-7H3/b14-11+/t33-,34?,35+,36?,37?,38?,39?,40?,42?,43+,44+/m1/s1. The summed E-state index contributed by atoms with van der Waals surface area (Å²) in [5.41, 5.74) is 2.74. The van der Waals surface area contributed by atoms with Gasteiger partial charge in [0.15, 0.2) is 30.8 Å². The van der Waals surface area contributed by atoms with Crippen molar-refractivity contribution >= 4 is 29.8 Å². The Labute approximate surface area is 353 Å². The van der Waals surface area contributed by atoms with Gasteiger partial charge >= 0.3 is 29.8 Å². The lowest BCUT2D eigenvalue weighted by atomic mass is 9.46. The number of cyclic esters (lactones) is 1. The van der Waals surface area contributed by atoms with Crippen molar-refractivity contribution in [3.63, 3.8) is 0 Å². The normalized spacial score (nSPS) is 33.4. The van der Waals surface area contributed by atoms with Crippen LogP contribution in [-0.2, 0) is 68.5 Å². The van der Waals surface area contributed by atoms with Crippen molar-refractivity contribution in [1.82, 2.24) is 15.0 Å². The number of carbonyl (C=O) groups is 5. The van der Waals surface area contributed by atoms with Crippen LogP contribution in [0.2, 0.25) is 0 Å². The summed E-state index contributed by atoms with van der Waals surface area (Å²) in [6.45, 7) is 14.2. The topological polar surface area (TPSA) is 199 Å². The van der Waals surface area contributed by atoms with Crippen LogP contribution in [-0.4, -0.2) is 95.2 Å². The Kier molecular flexibility index (Phi) is 12.8. The minimum Gasteiger partial charge on any atom is -0.487 e. The molecule has 0 bridgehead atoms. The van der Waals surface area contributed by atoms with Gasteiger partial charge in [-0.1, -0.05) is 55.5 Å². The molecule has 61 heavy (non-hydrogen) atoms. The number of fused-ring (bicyclic) bond motifs is 3. The largest absolute Gasteiger partial charge is 0.487 e. The highest BCUT2D eigenvalue weighted by atomic mass is 16.7. The second-order valence-corrected chi connectivity index (χ2v) is 16.8. The zero-order chi connectivity index (χ0) is 43.6. The van der Waals surface area contributed by atoms with Gasteiger partial charge < -0.3 is 42.6 Å². The fourth-order valence-corrected chi connectivity index (χ4v) is 9.81. The Hall–Kier alpha value is -5.39. The molecule has 7 rings (SSSR count). The van der Waals surface area contributed by atoms with Crippen LogP contribution in [0.1, 0.15) is 91.0 Å². The molecule has 328 valence electrons. The first-order valence-corrected chi connectivity index (χ1v) is 20.5. The van der Waals surface area contributed by atoms with Crippen LogP contribution in [0.25, 0.3) is 0 Å². The number of aromatic nitrogens is 3. The Bertz CT molecular complexity index is 2080. The molecule has 7 unspecified atom stereocenters.